The van der Waals surface area contributed by atoms with Crippen LogP contribution in [0.4, 0.5) is 5.69 Å². The van der Waals surface area contributed by atoms with Crippen LogP contribution in [0.15, 0.2) is 48.5 Å². The average Bonchev–Trinajstić information content (AvgIpc) is 2.62. The van der Waals surface area contributed by atoms with Gasteiger partial charge in [-0.15, -0.1) is 0 Å². The van der Waals surface area contributed by atoms with E-state index >= 15 is 0 Å². The van der Waals surface area contributed by atoms with Crippen LogP contribution in [0.1, 0.15) is 51.3 Å². The minimum atomic E-state index is -0.0814. The molecular formula is C24H32N2O2. The minimum Gasteiger partial charge on any atom is -0.356 e. The van der Waals surface area contributed by atoms with Crippen LogP contribution in [0.5, 0.6) is 0 Å². The fraction of sp³-hybridized carbons (Fsp3) is 0.417. The highest BCUT2D eigenvalue weighted by Crippen LogP contribution is 2.23. The summed E-state index contributed by atoms with van der Waals surface area (Å²) in [5.74, 6) is -0.0700. The smallest absolute Gasteiger partial charge is 0.223 e. The number of nitrogens with one attached hydrogen (secondary N) is 2. The van der Waals surface area contributed by atoms with Gasteiger partial charge >= 0.3 is 0 Å². The van der Waals surface area contributed by atoms with E-state index in [-0.39, 0.29) is 23.1 Å². The number of hydrogen-bond acceptors (Lipinski definition) is 2. The molecule has 0 aliphatic rings. The molecule has 0 fully saturated rings. The van der Waals surface area contributed by atoms with Crippen LogP contribution in [0, 0.1) is 5.92 Å². The maximum atomic E-state index is 12.4. The summed E-state index contributed by atoms with van der Waals surface area (Å²) in [5.41, 5.74) is 4.54. The lowest BCUT2D eigenvalue weighted by atomic mass is 9.86. The zero-order valence-corrected chi connectivity index (χ0v) is 17.6. The summed E-state index contributed by atoms with van der Waals surface area (Å²) in [7, 11) is 0. The molecule has 0 spiro atoms. The average molecular weight is 381 g/mol. The third kappa shape index (κ3) is 6.84. The Morgan fingerprint density at radius 3 is 2.04 bits per heavy atom. The first-order chi connectivity index (χ1) is 13.1. The van der Waals surface area contributed by atoms with Gasteiger partial charge in [-0.05, 0) is 47.1 Å². The molecule has 0 radical (unpaired) electrons. The molecule has 0 bridgehead atoms. The van der Waals surface area contributed by atoms with E-state index in [1.54, 1.807) is 0 Å². The van der Waals surface area contributed by atoms with Crippen molar-refractivity contribution in [2.75, 3.05) is 11.9 Å². The fourth-order valence-electron chi connectivity index (χ4n) is 3.05. The molecule has 4 heteroatoms. The summed E-state index contributed by atoms with van der Waals surface area (Å²) in [6, 6.07) is 16.3. The van der Waals surface area contributed by atoms with Crippen LogP contribution in [0.3, 0.4) is 0 Å². The van der Waals surface area contributed by atoms with Crippen molar-refractivity contribution in [3.63, 3.8) is 0 Å². The monoisotopic (exact) mass is 380 g/mol. The van der Waals surface area contributed by atoms with Gasteiger partial charge in [0.1, 0.15) is 0 Å². The number of hydrogen-bond donors (Lipinski definition) is 2. The molecule has 1 unspecified atom stereocenters. The molecule has 0 aliphatic carbocycles. The molecule has 0 saturated heterocycles. The SMILES string of the molecule is CC(=O)Nc1ccc(CCNC(=O)C(C)Cc2ccc(C(C)(C)C)cc2)cc1. The van der Waals surface area contributed by atoms with E-state index in [1.165, 1.54) is 18.1 Å². The number of anilines is 1. The number of amides is 2. The zero-order chi connectivity index (χ0) is 20.7. The van der Waals surface area contributed by atoms with Crippen molar-refractivity contribution < 1.29 is 9.59 Å². The van der Waals surface area contributed by atoms with Gasteiger partial charge in [0, 0.05) is 25.1 Å². The van der Waals surface area contributed by atoms with Crippen LogP contribution in [-0.2, 0) is 27.8 Å². The molecule has 1 atom stereocenters. The van der Waals surface area contributed by atoms with Crippen molar-refractivity contribution in [1.82, 2.24) is 5.32 Å². The van der Waals surface area contributed by atoms with Crippen LogP contribution >= 0.6 is 0 Å². The first-order valence-electron chi connectivity index (χ1n) is 9.89. The Hall–Kier alpha value is -2.62. The van der Waals surface area contributed by atoms with E-state index in [4.69, 9.17) is 0 Å². The standard InChI is InChI=1S/C24H32N2O2/c1-17(16-20-6-10-21(11-7-20)24(3,4)5)23(28)25-15-14-19-8-12-22(13-9-19)26-18(2)27/h6-13,17H,14-16H2,1-5H3,(H,25,28)(H,26,27). The first kappa shape index (κ1) is 21.7. The van der Waals surface area contributed by atoms with Gasteiger partial charge in [-0.2, -0.15) is 0 Å². The third-order valence-corrected chi connectivity index (χ3v) is 4.80. The van der Waals surface area contributed by atoms with E-state index in [0.717, 1.165) is 24.1 Å². The number of carbonyl (C=O) groups is 2. The van der Waals surface area contributed by atoms with Crippen LogP contribution in [0.25, 0.3) is 0 Å². The molecule has 4 nitrogen and oxygen atoms in total. The summed E-state index contributed by atoms with van der Waals surface area (Å²) in [6.45, 7) is 10.7. The normalized spacial score (nSPS) is 12.3. The Balaban J connectivity index is 1.78. The largest absolute Gasteiger partial charge is 0.356 e. The van der Waals surface area contributed by atoms with Crippen molar-refractivity contribution in [3.05, 3.63) is 65.2 Å². The molecule has 2 rings (SSSR count). The molecule has 2 amide bonds. The van der Waals surface area contributed by atoms with Crippen molar-refractivity contribution in [2.24, 2.45) is 5.92 Å². The van der Waals surface area contributed by atoms with Crippen LogP contribution in [0.2, 0.25) is 0 Å². The van der Waals surface area contributed by atoms with Gasteiger partial charge in [0.15, 0.2) is 0 Å². The second kappa shape index (κ2) is 9.54. The van der Waals surface area contributed by atoms with E-state index < -0.39 is 0 Å². The van der Waals surface area contributed by atoms with Gasteiger partial charge < -0.3 is 10.6 Å². The molecule has 0 saturated carbocycles. The molecule has 2 aromatic rings. The van der Waals surface area contributed by atoms with E-state index in [9.17, 15) is 9.59 Å². The highest BCUT2D eigenvalue weighted by molar-refractivity contribution is 5.88. The second-order valence-electron chi connectivity index (χ2n) is 8.47. The second-order valence-corrected chi connectivity index (χ2v) is 8.47. The van der Waals surface area contributed by atoms with Gasteiger partial charge in [-0.25, -0.2) is 0 Å². The Kier molecular flexibility index (Phi) is 7.38. The summed E-state index contributed by atoms with van der Waals surface area (Å²) >= 11 is 0. The number of carbonyl (C=O) groups excluding carboxylic acids is 2. The molecule has 0 heterocycles. The lowest BCUT2D eigenvalue weighted by molar-refractivity contribution is -0.124. The molecule has 0 aliphatic heterocycles. The lowest BCUT2D eigenvalue weighted by Crippen LogP contribution is -2.31. The van der Waals surface area contributed by atoms with Gasteiger partial charge in [0.05, 0.1) is 0 Å². The van der Waals surface area contributed by atoms with Crippen molar-refractivity contribution in [3.8, 4) is 0 Å². The maximum Gasteiger partial charge on any atom is 0.223 e. The number of rotatable bonds is 7. The topological polar surface area (TPSA) is 58.2 Å². The van der Waals surface area contributed by atoms with Gasteiger partial charge in [0.25, 0.3) is 0 Å². The summed E-state index contributed by atoms with van der Waals surface area (Å²) < 4.78 is 0. The molecule has 2 aromatic carbocycles. The highest BCUT2D eigenvalue weighted by Gasteiger charge is 2.15. The predicted octanol–water partition coefficient (Wildman–Crippen LogP) is 4.48. The molecular weight excluding hydrogens is 348 g/mol. The van der Waals surface area contributed by atoms with Crippen LogP contribution < -0.4 is 10.6 Å². The third-order valence-electron chi connectivity index (χ3n) is 4.80. The maximum absolute atomic E-state index is 12.4. The van der Waals surface area contributed by atoms with E-state index in [1.807, 2.05) is 31.2 Å². The molecule has 150 valence electrons. The zero-order valence-electron chi connectivity index (χ0n) is 17.6. The minimum absolute atomic E-state index is 0.0670. The number of benzene rings is 2. The van der Waals surface area contributed by atoms with Gasteiger partial charge in [0.2, 0.25) is 11.8 Å². The molecule has 0 aromatic heterocycles. The Bertz CT molecular complexity index is 787. The summed E-state index contributed by atoms with van der Waals surface area (Å²) in [4.78, 5) is 23.4. The van der Waals surface area contributed by atoms with Gasteiger partial charge in [-0.1, -0.05) is 64.1 Å². The summed E-state index contributed by atoms with van der Waals surface area (Å²) in [6.07, 6.45) is 1.50. The van der Waals surface area contributed by atoms with Crippen molar-refractivity contribution >= 4 is 17.5 Å². The van der Waals surface area contributed by atoms with E-state index in [0.29, 0.717) is 6.54 Å². The van der Waals surface area contributed by atoms with Crippen molar-refractivity contribution in [2.45, 2.75) is 52.9 Å². The predicted molar refractivity (Wildman–Crippen MR) is 115 cm³/mol. The van der Waals surface area contributed by atoms with Crippen LogP contribution in [-0.4, -0.2) is 18.4 Å². The van der Waals surface area contributed by atoms with E-state index in [2.05, 4.69) is 55.7 Å². The lowest BCUT2D eigenvalue weighted by Gasteiger charge is -2.19. The Labute approximate surface area is 168 Å². The summed E-state index contributed by atoms with van der Waals surface area (Å²) in [5, 5.41) is 5.77. The quantitative estimate of drug-likeness (QED) is 0.744. The fourth-order valence-corrected chi connectivity index (χ4v) is 3.05. The van der Waals surface area contributed by atoms with Gasteiger partial charge in [-0.3, -0.25) is 9.59 Å². The Morgan fingerprint density at radius 1 is 0.929 bits per heavy atom. The van der Waals surface area contributed by atoms with Crippen molar-refractivity contribution in [1.29, 1.82) is 0 Å². The molecule has 28 heavy (non-hydrogen) atoms. The highest BCUT2D eigenvalue weighted by atomic mass is 16.2. The first-order valence-corrected chi connectivity index (χ1v) is 9.89. The molecule has 2 N–H and O–H groups in total. The Morgan fingerprint density at radius 2 is 1.50 bits per heavy atom.